The molecule has 1 amide bonds. The summed E-state index contributed by atoms with van der Waals surface area (Å²) in [7, 11) is 6.50. The van der Waals surface area contributed by atoms with Gasteiger partial charge in [0.1, 0.15) is 34.7 Å². The highest BCUT2D eigenvalue weighted by Gasteiger charge is 2.49. The molecule has 2 N–H and O–H groups in total. The van der Waals surface area contributed by atoms with Gasteiger partial charge >= 0.3 is 12.1 Å². The van der Waals surface area contributed by atoms with Crippen molar-refractivity contribution >= 4 is 17.6 Å². The lowest BCUT2D eigenvalue weighted by Gasteiger charge is -2.52. The Bertz CT molecular complexity index is 1880. The van der Waals surface area contributed by atoms with E-state index in [-0.39, 0.29) is 24.1 Å². The van der Waals surface area contributed by atoms with Gasteiger partial charge in [-0.3, -0.25) is 0 Å². The number of hydrogen-bond acceptors (Lipinski definition) is 12. The van der Waals surface area contributed by atoms with Gasteiger partial charge in [-0.05, 0) is 95.4 Å². The highest BCUT2D eigenvalue weighted by molar-refractivity contribution is 5.68. The van der Waals surface area contributed by atoms with Crippen molar-refractivity contribution in [2.24, 2.45) is 17.8 Å². The second-order valence-corrected chi connectivity index (χ2v) is 15.7. The molecule has 4 atom stereocenters. The van der Waals surface area contributed by atoms with Crippen molar-refractivity contribution in [3.63, 3.8) is 0 Å². The number of benzene rings is 2. The van der Waals surface area contributed by atoms with Crippen LogP contribution in [0.2, 0.25) is 0 Å². The molecule has 3 aliphatic carbocycles. The summed E-state index contributed by atoms with van der Waals surface area (Å²) in [6, 6.07) is 11.5. The lowest BCUT2D eigenvalue weighted by molar-refractivity contribution is -0.0539. The molecule has 0 spiro atoms. The van der Waals surface area contributed by atoms with Crippen LogP contribution in [0, 0.1) is 17.8 Å². The minimum absolute atomic E-state index is 0.105. The fourth-order valence-corrected chi connectivity index (χ4v) is 7.86. The van der Waals surface area contributed by atoms with Gasteiger partial charge in [-0.1, -0.05) is 13.3 Å². The van der Waals surface area contributed by atoms with Crippen LogP contribution in [0.4, 0.5) is 10.6 Å². The van der Waals surface area contributed by atoms with E-state index in [4.69, 9.17) is 43.5 Å². The van der Waals surface area contributed by atoms with Crippen molar-refractivity contribution in [2.45, 2.75) is 104 Å². The molecule has 3 saturated carbocycles. The number of methoxy groups -OCH3 is 4. The number of ether oxygens (including phenoxy) is 6. The first kappa shape index (κ1) is 39.7. The largest absolute Gasteiger partial charge is 0.497 e. The van der Waals surface area contributed by atoms with Crippen LogP contribution in [0.1, 0.15) is 89.6 Å². The number of alkyl carbamates (subject to hydrolysis) is 1. The van der Waals surface area contributed by atoms with E-state index < -0.39 is 17.8 Å². The van der Waals surface area contributed by atoms with Gasteiger partial charge < -0.3 is 43.7 Å². The number of nitrogens with one attached hydrogen (secondary N) is 1. The Labute approximate surface area is 323 Å². The molecule has 298 valence electrons. The zero-order valence-corrected chi connectivity index (χ0v) is 33.5. The first-order chi connectivity index (χ1) is 26.3. The molecular weight excluding hydrogens is 704 g/mol. The third-order valence-corrected chi connectivity index (χ3v) is 10.7. The van der Waals surface area contributed by atoms with E-state index in [1.165, 1.54) is 0 Å². The van der Waals surface area contributed by atoms with E-state index in [0.29, 0.717) is 71.5 Å². The Kier molecular flexibility index (Phi) is 12.1. The SMILES string of the molecule is CCC[C@H](C)Oc1nc(N(Cc2ccc(OC)cc2OC)Cc2ccc(OC)cc2OC)c2ncc(C(O)[C@@H]3CC(NC(=O)OC(C)(C)C)C4CC3C4)n2n1. The molecule has 3 aliphatic rings. The monoisotopic (exact) mass is 760 g/mol. The van der Waals surface area contributed by atoms with Gasteiger partial charge in [-0.15, -0.1) is 5.10 Å². The molecular formula is C41H56N6O8. The van der Waals surface area contributed by atoms with Crippen molar-refractivity contribution in [3.8, 4) is 29.0 Å². The predicted octanol–water partition coefficient (Wildman–Crippen LogP) is 6.91. The van der Waals surface area contributed by atoms with Gasteiger partial charge in [0.25, 0.3) is 0 Å². The summed E-state index contributed by atoms with van der Waals surface area (Å²) < 4.78 is 36.2. The fourth-order valence-electron chi connectivity index (χ4n) is 7.86. The topological polar surface area (TPSA) is 151 Å². The van der Waals surface area contributed by atoms with Crippen LogP contribution < -0.4 is 33.9 Å². The number of aliphatic hydroxyl groups is 1. The second-order valence-electron chi connectivity index (χ2n) is 15.7. The summed E-state index contributed by atoms with van der Waals surface area (Å²) in [6.07, 6.45) is 4.35. The molecule has 0 saturated heterocycles. The smallest absolute Gasteiger partial charge is 0.407 e. The first-order valence-corrected chi connectivity index (χ1v) is 19.1. The normalized spacial score (nSPS) is 20.2. The zero-order chi connectivity index (χ0) is 39.4. The Morgan fingerprint density at radius 2 is 1.56 bits per heavy atom. The summed E-state index contributed by atoms with van der Waals surface area (Å²) in [5.41, 5.74) is 2.14. The summed E-state index contributed by atoms with van der Waals surface area (Å²) >= 11 is 0. The average Bonchev–Trinajstić information content (AvgIpc) is 3.56. The van der Waals surface area contributed by atoms with Gasteiger partial charge in [0.05, 0.1) is 46.4 Å². The Morgan fingerprint density at radius 1 is 0.945 bits per heavy atom. The molecule has 3 fully saturated rings. The van der Waals surface area contributed by atoms with Crippen LogP contribution in [0.3, 0.4) is 0 Å². The number of anilines is 1. The number of fused-ring (bicyclic) bond motifs is 3. The molecule has 0 aliphatic heterocycles. The second kappa shape index (κ2) is 16.8. The van der Waals surface area contributed by atoms with Crippen molar-refractivity contribution in [2.75, 3.05) is 33.3 Å². The third-order valence-electron chi connectivity index (χ3n) is 10.7. The average molecular weight is 761 g/mol. The highest BCUT2D eigenvalue weighted by atomic mass is 16.6. The van der Waals surface area contributed by atoms with Crippen molar-refractivity contribution < 1.29 is 38.3 Å². The lowest BCUT2D eigenvalue weighted by atomic mass is 9.56. The van der Waals surface area contributed by atoms with Crippen LogP contribution >= 0.6 is 0 Å². The maximum atomic E-state index is 12.8. The van der Waals surface area contributed by atoms with Crippen LogP contribution in [0.25, 0.3) is 5.65 Å². The molecule has 7 rings (SSSR count). The van der Waals surface area contributed by atoms with Gasteiger partial charge in [-0.25, -0.2) is 14.3 Å². The summed E-state index contributed by atoms with van der Waals surface area (Å²) in [5, 5.41) is 20.1. The standard InChI is InChI=1S/C41H56N6O8/c1-10-11-24(2)54-39-44-38(46(22-25-12-14-29(50-6)18-34(25)52-8)23-26-13-15-30(51-7)19-35(26)53-9)37-42-21-33(47(37)45-39)36(48)31-20-32(28-16-27(31)17-28)43-40(49)55-41(3,4)5/h12-15,18-19,21,24,27-28,31-32,36,48H,10-11,16-17,20,22-23H2,1-9H3,(H,43,49)/t24-,27?,28?,31+,32?,36?/m0/s1. The van der Waals surface area contributed by atoms with E-state index in [1.807, 2.05) is 64.1 Å². The van der Waals surface area contributed by atoms with Gasteiger partial charge in [0.15, 0.2) is 11.5 Å². The predicted molar refractivity (Wildman–Crippen MR) is 207 cm³/mol. The quantitative estimate of drug-likeness (QED) is 0.122. The summed E-state index contributed by atoms with van der Waals surface area (Å²) in [6.45, 7) is 10.4. The molecule has 14 nitrogen and oxygen atoms in total. The van der Waals surface area contributed by atoms with Crippen molar-refractivity contribution in [3.05, 3.63) is 59.4 Å². The molecule has 2 heterocycles. The third kappa shape index (κ3) is 8.95. The molecule has 2 bridgehead atoms. The van der Waals surface area contributed by atoms with Crippen molar-refractivity contribution in [1.29, 1.82) is 0 Å². The molecule has 55 heavy (non-hydrogen) atoms. The molecule has 0 radical (unpaired) electrons. The summed E-state index contributed by atoms with van der Waals surface area (Å²) in [5.74, 6) is 3.67. The molecule has 14 heteroatoms. The number of rotatable bonds is 16. The van der Waals surface area contributed by atoms with Gasteiger partial charge in [0, 0.05) is 42.4 Å². The summed E-state index contributed by atoms with van der Waals surface area (Å²) in [4.78, 5) is 24.7. The number of carbonyl (C=O) groups is 1. The highest BCUT2D eigenvalue weighted by Crippen LogP contribution is 2.53. The Hall–Kier alpha value is -4.98. The molecule has 2 aromatic heterocycles. The minimum Gasteiger partial charge on any atom is -0.497 e. The molecule has 2 aromatic carbocycles. The van der Waals surface area contributed by atoms with E-state index in [0.717, 1.165) is 36.8 Å². The Balaban J connectivity index is 1.42. The van der Waals surface area contributed by atoms with E-state index in [9.17, 15) is 9.90 Å². The van der Waals surface area contributed by atoms with Crippen LogP contribution in [0.5, 0.6) is 29.0 Å². The van der Waals surface area contributed by atoms with Crippen LogP contribution in [-0.4, -0.2) is 77.0 Å². The lowest BCUT2D eigenvalue weighted by Crippen LogP contribution is -2.55. The van der Waals surface area contributed by atoms with Gasteiger partial charge in [-0.2, -0.15) is 4.98 Å². The minimum atomic E-state index is -0.912. The number of aliphatic hydroxyl groups excluding tert-OH is 1. The number of imidazole rings is 1. The van der Waals surface area contributed by atoms with E-state index in [1.54, 1.807) is 39.2 Å². The maximum absolute atomic E-state index is 12.8. The number of nitrogens with zero attached hydrogens (tertiary/aromatic N) is 5. The number of carbonyl (C=O) groups excluding carboxylic acids is 1. The van der Waals surface area contributed by atoms with Gasteiger partial charge in [0.2, 0.25) is 0 Å². The van der Waals surface area contributed by atoms with Crippen LogP contribution in [0.15, 0.2) is 42.6 Å². The number of aromatic nitrogens is 4. The fraction of sp³-hybridized carbons (Fsp3) is 0.561. The molecule has 4 aromatic rings. The van der Waals surface area contributed by atoms with E-state index in [2.05, 4.69) is 17.1 Å². The van der Waals surface area contributed by atoms with E-state index >= 15 is 0 Å². The number of amides is 1. The Morgan fingerprint density at radius 3 is 2.11 bits per heavy atom. The zero-order valence-electron chi connectivity index (χ0n) is 33.5. The van der Waals surface area contributed by atoms with Crippen LogP contribution in [-0.2, 0) is 17.8 Å². The maximum Gasteiger partial charge on any atom is 0.407 e. The first-order valence-electron chi connectivity index (χ1n) is 19.1. The number of hydrogen-bond donors (Lipinski definition) is 2. The van der Waals surface area contributed by atoms with Crippen molar-refractivity contribution in [1.82, 2.24) is 24.9 Å². The molecule has 2 unspecified atom stereocenters.